The van der Waals surface area contributed by atoms with E-state index in [1.165, 1.54) is 25.7 Å². The zero-order chi connectivity index (χ0) is 18.7. The van der Waals surface area contributed by atoms with Crippen molar-refractivity contribution in [3.8, 4) is 0 Å². The molecule has 1 aromatic heterocycles. The van der Waals surface area contributed by atoms with Crippen LogP contribution in [0.3, 0.4) is 0 Å². The van der Waals surface area contributed by atoms with Gasteiger partial charge in [0.05, 0.1) is 12.7 Å². The predicted molar refractivity (Wildman–Crippen MR) is 120 cm³/mol. The maximum atomic E-state index is 10.6. The van der Waals surface area contributed by atoms with Gasteiger partial charge >= 0.3 is 0 Å². The molecule has 0 saturated carbocycles. The summed E-state index contributed by atoms with van der Waals surface area (Å²) < 4.78 is 1.69. The Morgan fingerprint density at radius 2 is 1.96 bits per heavy atom. The SMILES string of the molecule is CCNC(=NCC(C)(O)c1cnn(C)c1)NCCCCCCC(C)C.I. The third-order valence-electron chi connectivity index (χ3n) is 4.22. The van der Waals surface area contributed by atoms with Gasteiger partial charge in [0.2, 0.25) is 0 Å². The Morgan fingerprint density at radius 3 is 2.54 bits per heavy atom. The fourth-order valence-corrected chi connectivity index (χ4v) is 2.60. The lowest BCUT2D eigenvalue weighted by molar-refractivity contribution is 0.0672. The molecule has 0 radical (unpaired) electrons. The molecule has 1 atom stereocenters. The van der Waals surface area contributed by atoms with Crippen molar-refractivity contribution in [1.29, 1.82) is 0 Å². The molecule has 1 rings (SSSR count). The van der Waals surface area contributed by atoms with Crippen molar-refractivity contribution >= 4 is 29.9 Å². The fraction of sp³-hybridized carbons (Fsp3) is 0.789. The largest absolute Gasteiger partial charge is 0.383 e. The average molecular weight is 479 g/mol. The molecule has 0 aromatic carbocycles. The van der Waals surface area contributed by atoms with Gasteiger partial charge in [-0.05, 0) is 26.2 Å². The first-order valence-electron chi connectivity index (χ1n) is 9.59. The molecule has 7 heteroatoms. The zero-order valence-electron chi connectivity index (χ0n) is 17.1. The molecule has 0 aliphatic heterocycles. The molecule has 0 bridgehead atoms. The lowest BCUT2D eigenvalue weighted by Crippen LogP contribution is -2.39. The van der Waals surface area contributed by atoms with E-state index < -0.39 is 5.60 Å². The molecule has 26 heavy (non-hydrogen) atoms. The Labute approximate surface area is 176 Å². The first kappa shape index (κ1) is 25.2. The number of halogens is 1. The maximum Gasteiger partial charge on any atom is 0.191 e. The maximum absolute atomic E-state index is 10.6. The van der Waals surface area contributed by atoms with Crippen molar-refractivity contribution in [3.63, 3.8) is 0 Å². The molecule has 152 valence electrons. The number of unbranched alkanes of at least 4 members (excludes halogenated alkanes) is 3. The minimum absolute atomic E-state index is 0. The molecule has 1 aromatic rings. The van der Waals surface area contributed by atoms with Crippen molar-refractivity contribution in [3.05, 3.63) is 18.0 Å². The van der Waals surface area contributed by atoms with Gasteiger partial charge in [0, 0.05) is 31.9 Å². The Kier molecular flexibility index (Phi) is 12.9. The van der Waals surface area contributed by atoms with Crippen LogP contribution >= 0.6 is 24.0 Å². The number of aromatic nitrogens is 2. The number of aryl methyl sites for hydroxylation is 1. The Bertz CT molecular complexity index is 514. The summed E-state index contributed by atoms with van der Waals surface area (Å²) in [6.07, 6.45) is 9.83. The number of aliphatic hydroxyl groups is 1. The predicted octanol–water partition coefficient (Wildman–Crippen LogP) is 3.41. The van der Waals surface area contributed by atoms with Crippen LogP contribution in [-0.4, -0.2) is 40.5 Å². The molecule has 1 unspecified atom stereocenters. The monoisotopic (exact) mass is 479 g/mol. The number of rotatable bonds is 11. The van der Waals surface area contributed by atoms with E-state index >= 15 is 0 Å². The molecule has 0 spiro atoms. The van der Waals surface area contributed by atoms with Crippen molar-refractivity contribution < 1.29 is 5.11 Å². The smallest absolute Gasteiger partial charge is 0.191 e. The van der Waals surface area contributed by atoms with Crippen molar-refractivity contribution in [2.24, 2.45) is 18.0 Å². The first-order chi connectivity index (χ1) is 11.8. The summed E-state index contributed by atoms with van der Waals surface area (Å²) in [7, 11) is 1.84. The number of guanidine groups is 1. The van der Waals surface area contributed by atoms with Gasteiger partial charge in [0.15, 0.2) is 5.96 Å². The van der Waals surface area contributed by atoms with E-state index in [1.54, 1.807) is 17.8 Å². The van der Waals surface area contributed by atoms with Gasteiger partial charge in [0.1, 0.15) is 5.60 Å². The minimum atomic E-state index is -1.02. The third-order valence-corrected chi connectivity index (χ3v) is 4.22. The summed E-state index contributed by atoms with van der Waals surface area (Å²) >= 11 is 0. The van der Waals surface area contributed by atoms with Crippen LogP contribution in [0.15, 0.2) is 17.4 Å². The molecule has 0 aliphatic rings. The summed E-state index contributed by atoms with van der Waals surface area (Å²) in [5.41, 5.74) is -0.243. The standard InChI is InChI=1S/C19H37N5O.HI/c1-6-20-18(21-12-10-8-7-9-11-16(2)3)22-15-19(4,25)17-13-23-24(5)14-17;/h13-14,16,25H,6-12,15H2,1-5H3,(H2,20,21,22);1H. The highest BCUT2D eigenvalue weighted by Gasteiger charge is 2.24. The van der Waals surface area contributed by atoms with Crippen LogP contribution in [0.2, 0.25) is 0 Å². The molecule has 1 heterocycles. The van der Waals surface area contributed by atoms with Crippen molar-refractivity contribution in [2.45, 2.75) is 65.4 Å². The lowest BCUT2D eigenvalue weighted by atomic mass is 10.0. The number of hydrogen-bond donors (Lipinski definition) is 3. The molecule has 3 N–H and O–H groups in total. The summed E-state index contributed by atoms with van der Waals surface area (Å²) in [5.74, 6) is 1.56. The molecular formula is C19H38IN5O. The van der Waals surface area contributed by atoms with Crippen LogP contribution in [0.1, 0.15) is 65.4 Å². The molecule has 6 nitrogen and oxygen atoms in total. The summed E-state index contributed by atoms with van der Waals surface area (Å²) in [6.45, 7) is 10.4. The molecule has 0 amide bonds. The van der Waals surface area contributed by atoms with Crippen LogP contribution in [-0.2, 0) is 12.6 Å². The van der Waals surface area contributed by atoms with E-state index in [0.29, 0.717) is 6.54 Å². The Morgan fingerprint density at radius 1 is 1.27 bits per heavy atom. The quantitative estimate of drug-likeness (QED) is 0.197. The normalized spacial score (nSPS) is 14.0. The van der Waals surface area contributed by atoms with Gasteiger partial charge in [-0.25, -0.2) is 4.99 Å². The van der Waals surface area contributed by atoms with Gasteiger partial charge in [-0.1, -0.05) is 39.5 Å². The van der Waals surface area contributed by atoms with E-state index in [0.717, 1.165) is 37.0 Å². The van der Waals surface area contributed by atoms with Crippen LogP contribution in [0.25, 0.3) is 0 Å². The number of nitrogens with zero attached hydrogens (tertiary/aromatic N) is 3. The highest BCUT2D eigenvalue weighted by Crippen LogP contribution is 2.19. The van der Waals surface area contributed by atoms with Crippen molar-refractivity contribution in [2.75, 3.05) is 19.6 Å². The van der Waals surface area contributed by atoms with Gasteiger partial charge < -0.3 is 15.7 Å². The second kappa shape index (κ2) is 13.4. The van der Waals surface area contributed by atoms with Gasteiger partial charge in [0.25, 0.3) is 0 Å². The number of hydrogen-bond acceptors (Lipinski definition) is 3. The van der Waals surface area contributed by atoms with Gasteiger partial charge in [-0.15, -0.1) is 24.0 Å². The summed E-state index contributed by atoms with van der Waals surface area (Å²) in [4.78, 5) is 4.54. The number of aliphatic imine (C=N–C) groups is 1. The second-order valence-electron chi connectivity index (χ2n) is 7.40. The Balaban J connectivity index is 0.00000625. The lowest BCUT2D eigenvalue weighted by Gasteiger charge is -2.20. The van der Waals surface area contributed by atoms with Gasteiger partial charge in [-0.2, -0.15) is 5.10 Å². The van der Waals surface area contributed by atoms with E-state index in [4.69, 9.17) is 0 Å². The highest BCUT2D eigenvalue weighted by molar-refractivity contribution is 14.0. The van der Waals surface area contributed by atoms with E-state index in [9.17, 15) is 5.11 Å². The zero-order valence-corrected chi connectivity index (χ0v) is 19.4. The molecule has 0 aliphatic carbocycles. The van der Waals surface area contributed by atoms with E-state index in [-0.39, 0.29) is 24.0 Å². The number of nitrogens with one attached hydrogen (secondary N) is 2. The Hall–Kier alpha value is -0.830. The van der Waals surface area contributed by atoms with Crippen LogP contribution < -0.4 is 10.6 Å². The average Bonchev–Trinajstić information content (AvgIpc) is 2.98. The third kappa shape index (κ3) is 10.4. The van der Waals surface area contributed by atoms with E-state index in [1.807, 2.05) is 20.2 Å². The second-order valence-corrected chi connectivity index (χ2v) is 7.40. The van der Waals surface area contributed by atoms with Crippen molar-refractivity contribution in [1.82, 2.24) is 20.4 Å². The minimum Gasteiger partial charge on any atom is -0.383 e. The molecule has 0 fully saturated rings. The van der Waals surface area contributed by atoms with E-state index in [2.05, 4.69) is 34.6 Å². The fourth-order valence-electron chi connectivity index (χ4n) is 2.60. The van der Waals surface area contributed by atoms with Crippen LogP contribution in [0.4, 0.5) is 0 Å². The molecular weight excluding hydrogens is 441 g/mol. The summed E-state index contributed by atoms with van der Waals surface area (Å²) in [6, 6.07) is 0. The first-order valence-corrected chi connectivity index (χ1v) is 9.59. The highest BCUT2D eigenvalue weighted by atomic mass is 127. The summed E-state index contributed by atoms with van der Waals surface area (Å²) in [5, 5.41) is 21.3. The topological polar surface area (TPSA) is 74.5 Å². The van der Waals surface area contributed by atoms with Crippen LogP contribution in [0.5, 0.6) is 0 Å². The van der Waals surface area contributed by atoms with Crippen LogP contribution in [0, 0.1) is 5.92 Å². The van der Waals surface area contributed by atoms with Gasteiger partial charge in [-0.3, -0.25) is 4.68 Å². The molecule has 0 saturated heterocycles.